The fourth-order valence-corrected chi connectivity index (χ4v) is 1.66. The first-order chi connectivity index (χ1) is 8.26. The third kappa shape index (κ3) is 2.18. The minimum Gasteiger partial charge on any atom is -0.346 e. The van der Waals surface area contributed by atoms with Crippen molar-refractivity contribution in [2.45, 2.75) is 19.9 Å². The molecule has 0 saturated heterocycles. The number of nitrogens with zero attached hydrogens (tertiary/aromatic N) is 3. The Labute approximate surface area is 99.5 Å². The molecule has 1 aromatic rings. The molecule has 2 heterocycles. The molecular formula is C12H14N4O. The summed E-state index contributed by atoms with van der Waals surface area (Å²) in [7, 11) is 0. The lowest BCUT2D eigenvalue weighted by atomic mass is 10.3. The smallest absolute Gasteiger partial charge is 0.255 e. The predicted octanol–water partition coefficient (Wildman–Crippen LogP) is 1.59. The van der Waals surface area contributed by atoms with Gasteiger partial charge in [0.05, 0.1) is 29.7 Å². The molecule has 0 bridgehead atoms. The van der Waals surface area contributed by atoms with Gasteiger partial charge >= 0.3 is 0 Å². The van der Waals surface area contributed by atoms with Gasteiger partial charge in [-0.25, -0.2) is 4.68 Å². The number of rotatable bonds is 4. The van der Waals surface area contributed by atoms with Crippen molar-refractivity contribution < 1.29 is 4.79 Å². The average Bonchev–Trinajstić information content (AvgIpc) is 2.87. The molecule has 88 valence electrons. The van der Waals surface area contributed by atoms with Crippen LogP contribution in [0.5, 0.6) is 0 Å². The van der Waals surface area contributed by atoms with Gasteiger partial charge in [0.15, 0.2) is 0 Å². The maximum Gasteiger partial charge on any atom is 0.255 e. The van der Waals surface area contributed by atoms with Crippen molar-refractivity contribution in [3.8, 4) is 0 Å². The summed E-state index contributed by atoms with van der Waals surface area (Å²) in [5.74, 6) is -0.0669. The summed E-state index contributed by atoms with van der Waals surface area (Å²) >= 11 is 0. The highest BCUT2D eigenvalue weighted by molar-refractivity contribution is 6.03. The first-order valence-electron chi connectivity index (χ1n) is 5.47. The van der Waals surface area contributed by atoms with Gasteiger partial charge in [0.2, 0.25) is 0 Å². The summed E-state index contributed by atoms with van der Waals surface area (Å²) in [4.78, 5) is 15.4. The number of hydrogen-bond donors (Lipinski definition) is 1. The second kappa shape index (κ2) is 4.78. The van der Waals surface area contributed by atoms with E-state index in [1.165, 1.54) is 6.20 Å². The number of hydrogen-bond acceptors (Lipinski definition) is 3. The molecule has 0 unspecified atom stereocenters. The average molecular weight is 230 g/mol. The van der Waals surface area contributed by atoms with Gasteiger partial charge in [0, 0.05) is 12.4 Å². The van der Waals surface area contributed by atoms with Gasteiger partial charge in [0.1, 0.15) is 0 Å². The van der Waals surface area contributed by atoms with Crippen LogP contribution in [0.25, 0.3) is 5.70 Å². The van der Waals surface area contributed by atoms with E-state index in [-0.39, 0.29) is 5.91 Å². The normalized spacial score (nSPS) is 15.1. The van der Waals surface area contributed by atoms with Gasteiger partial charge < -0.3 is 5.32 Å². The largest absolute Gasteiger partial charge is 0.346 e. The minimum absolute atomic E-state index is 0.0669. The molecule has 1 aliphatic rings. The summed E-state index contributed by atoms with van der Waals surface area (Å²) in [6, 6.07) is 0. The van der Waals surface area contributed by atoms with Crippen molar-refractivity contribution >= 4 is 17.8 Å². The highest BCUT2D eigenvalue weighted by atomic mass is 16.2. The molecule has 0 saturated carbocycles. The van der Waals surface area contributed by atoms with E-state index in [4.69, 9.17) is 0 Å². The lowest BCUT2D eigenvalue weighted by Gasteiger charge is -2.01. The number of aromatic nitrogens is 2. The Morgan fingerprint density at radius 3 is 3.24 bits per heavy atom. The maximum absolute atomic E-state index is 11.4. The van der Waals surface area contributed by atoms with Crippen LogP contribution in [-0.4, -0.2) is 21.9 Å². The number of aliphatic imine (C=N–C) groups is 1. The summed E-state index contributed by atoms with van der Waals surface area (Å²) in [6.07, 6.45) is 7.74. The number of allylic oxidation sites excluding steroid dienone is 2. The van der Waals surface area contributed by atoms with Gasteiger partial charge in [-0.15, -0.1) is 0 Å². The van der Waals surface area contributed by atoms with Crippen molar-refractivity contribution in [3.05, 3.63) is 36.3 Å². The fraction of sp³-hybridized carbons (Fsp3) is 0.250. The highest BCUT2D eigenvalue weighted by Gasteiger charge is 2.23. The maximum atomic E-state index is 11.4. The number of carbonyl (C=O) groups is 1. The van der Waals surface area contributed by atoms with Gasteiger partial charge in [-0.2, -0.15) is 5.10 Å². The van der Waals surface area contributed by atoms with E-state index < -0.39 is 0 Å². The third-order valence-electron chi connectivity index (χ3n) is 2.44. The van der Waals surface area contributed by atoms with Gasteiger partial charge in [0.25, 0.3) is 5.91 Å². The molecule has 1 aliphatic heterocycles. The molecule has 0 spiro atoms. The van der Waals surface area contributed by atoms with Crippen LogP contribution in [0.15, 0.2) is 30.0 Å². The molecule has 5 nitrogen and oxygen atoms in total. The molecule has 0 atom stereocenters. The van der Waals surface area contributed by atoms with Crippen molar-refractivity contribution in [3.63, 3.8) is 0 Å². The summed E-state index contributed by atoms with van der Waals surface area (Å²) in [5, 5.41) is 7.07. The number of fused-ring (bicyclic) bond motifs is 1. The van der Waals surface area contributed by atoms with E-state index in [2.05, 4.69) is 22.0 Å². The summed E-state index contributed by atoms with van der Waals surface area (Å²) < 4.78 is 1.68. The van der Waals surface area contributed by atoms with Crippen LogP contribution >= 0.6 is 0 Å². The Morgan fingerprint density at radius 2 is 2.59 bits per heavy atom. The fourth-order valence-electron chi connectivity index (χ4n) is 1.66. The molecule has 0 aromatic carbocycles. The summed E-state index contributed by atoms with van der Waals surface area (Å²) in [6.45, 7) is 6.06. The standard InChI is InChI=1S/C12H14N4O/c1-3-5-9(6-13-4-2)16-8-10-11(15-16)7-14-12(10)17/h4-6,8H,2-3,7H2,1H3,(H,14,17)/b9-5+,13-6-. The summed E-state index contributed by atoms with van der Waals surface area (Å²) in [5.41, 5.74) is 2.26. The predicted molar refractivity (Wildman–Crippen MR) is 66.7 cm³/mol. The van der Waals surface area contributed by atoms with Crippen molar-refractivity contribution in [2.75, 3.05) is 0 Å². The van der Waals surface area contributed by atoms with E-state index in [9.17, 15) is 4.79 Å². The molecular weight excluding hydrogens is 216 g/mol. The molecule has 1 amide bonds. The van der Waals surface area contributed by atoms with E-state index in [1.807, 2.05) is 13.0 Å². The molecule has 17 heavy (non-hydrogen) atoms. The lowest BCUT2D eigenvalue weighted by molar-refractivity contribution is 0.0965. The van der Waals surface area contributed by atoms with Crippen molar-refractivity contribution in [1.82, 2.24) is 15.1 Å². The third-order valence-corrected chi connectivity index (χ3v) is 2.44. The molecule has 5 heteroatoms. The van der Waals surface area contributed by atoms with E-state index in [1.54, 1.807) is 17.1 Å². The van der Waals surface area contributed by atoms with E-state index in [0.717, 1.165) is 17.8 Å². The molecule has 1 aromatic heterocycles. The SMILES string of the molecule is C=C/N=C\C(=C/CC)n1cc2c(n1)CNC2=O. The van der Waals surface area contributed by atoms with Crippen LogP contribution in [0.1, 0.15) is 29.4 Å². The van der Waals surface area contributed by atoms with Gasteiger partial charge in [-0.1, -0.05) is 19.6 Å². The highest BCUT2D eigenvalue weighted by Crippen LogP contribution is 2.15. The minimum atomic E-state index is -0.0669. The molecule has 0 fully saturated rings. The van der Waals surface area contributed by atoms with Gasteiger partial charge in [-0.05, 0) is 6.42 Å². The zero-order valence-electron chi connectivity index (χ0n) is 9.68. The Hall–Kier alpha value is -2.17. The van der Waals surface area contributed by atoms with Crippen LogP contribution in [0, 0.1) is 0 Å². The zero-order valence-corrected chi connectivity index (χ0v) is 9.68. The molecule has 2 rings (SSSR count). The van der Waals surface area contributed by atoms with Crippen LogP contribution in [0.3, 0.4) is 0 Å². The van der Waals surface area contributed by atoms with Crippen LogP contribution in [-0.2, 0) is 6.54 Å². The van der Waals surface area contributed by atoms with Gasteiger partial charge in [-0.3, -0.25) is 9.79 Å². The zero-order chi connectivity index (χ0) is 12.3. The van der Waals surface area contributed by atoms with Crippen molar-refractivity contribution in [2.24, 2.45) is 4.99 Å². The Bertz CT molecular complexity index is 511. The Kier molecular flexibility index (Phi) is 3.18. The topological polar surface area (TPSA) is 59.3 Å². The monoisotopic (exact) mass is 230 g/mol. The van der Waals surface area contributed by atoms with E-state index in [0.29, 0.717) is 12.1 Å². The number of nitrogens with one attached hydrogen (secondary N) is 1. The Balaban J connectivity index is 2.35. The lowest BCUT2D eigenvalue weighted by Crippen LogP contribution is -2.14. The quantitative estimate of drug-likeness (QED) is 0.798. The van der Waals surface area contributed by atoms with Crippen LogP contribution < -0.4 is 5.32 Å². The molecule has 0 radical (unpaired) electrons. The van der Waals surface area contributed by atoms with Crippen molar-refractivity contribution in [1.29, 1.82) is 0 Å². The number of carbonyl (C=O) groups excluding carboxylic acids is 1. The van der Waals surface area contributed by atoms with Crippen LogP contribution in [0.4, 0.5) is 0 Å². The van der Waals surface area contributed by atoms with E-state index >= 15 is 0 Å². The Morgan fingerprint density at radius 1 is 1.76 bits per heavy atom. The second-order valence-corrected chi connectivity index (χ2v) is 3.61. The van der Waals surface area contributed by atoms with Crippen LogP contribution in [0.2, 0.25) is 0 Å². The molecule has 1 N–H and O–H groups in total. The second-order valence-electron chi connectivity index (χ2n) is 3.61. The first-order valence-corrected chi connectivity index (χ1v) is 5.47. The molecule has 0 aliphatic carbocycles. The first kappa shape index (κ1) is 11.3. The number of amides is 1.